The lowest BCUT2D eigenvalue weighted by Crippen LogP contribution is -1.94. The predicted octanol–water partition coefficient (Wildman–Crippen LogP) is 2.78. The van der Waals surface area contributed by atoms with Gasteiger partial charge in [-0.25, -0.2) is 0 Å². The third-order valence-electron chi connectivity index (χ3n) is 2.55. The van der Waals surface area contributed by atoms with Gasteiger partial charge in [0.2, 0.25) is 5.76 Å². The van der Waals surface area contributed by atoms with E-state index in [-0.39, 0.29) is 5.78 Å². The lowest BCUT2D eigenvalue weighted by atomic mass is 10.1. The van der Waals surface area contributed by atoms with Crippen LogP contribution in [0.15, 0.2) is 34.9 Å². The van der Waals surface area contributed by atoms with Crippen molar-refractivity contribution in [3.63, 3.8) is 0 Å². The molecule has 1 heterocycles. The SMILES string of the molecule is CC(=O)c1onc(Cc2ccccc2)c1C. The fourth-order valence-electron chi connectivity index (χ4n) is 1.65. The second-order valence-electron chi connectivity index (χ2n) is 3.80. The Morgan fingerprint density at radius 3 is 2.56 bits per heavy atom. The summed E-state index contributed by atoms with van der Waals surface area (Å²) in [6.07, 6.45) is 0.698. The van der Waals surface area contributed by atoms with Crippen LogP contribution in [0.25, 0.3) is 0 Å². The maximum Gasteiger partial charge on any atom is 0.205 e. The molecule has 0 amide bonds. The molecule has 0 saturated carbocycles. The molecule has 2 aromatic rings. The zero-order chi connectivity index (χ0) is 11.5. The summed E-state index contributed by atoms with van der Waals surface area (Å²) in [5, 5.41) is 3.94. The van der Waals surface area contributed by atoms with E-state index in [1.807, 2.05) is 37.3 Å². The standard InChI is InChI=1S/C13H13NO2/c1-9-12(14-16-13(9)10(2)15)8-11-6-4-3-5-7-11/h3-7H,8H2,1-2H3. The molecule has 0 aliphatic heterocycles. The Kier molecular flexibility index (Phi) is 2.86. The number of carbonyl (C=O) groups excluding carboxylic acids is 1. The first-order valence-corrected chi connectivity index (χ1v) is 5.18. The Hall–Kier alpha value is -1.90. The van der Waals surface area contributed by atoms with Crippen molar-refractivity contribution < 1.29 is 9.32 Å². The number of benzene rings is 1. The molecule has 3 nitrogen and oxygen atoms in total. The van der Waals surface area contributed by atoms with Crippen LogP contribution in [0.3, 0.4) is 0 Å². The number of nitrogens with zero attached hydrogens (tertiary/aromatic N) is 1. The number of aromatic nitrogens is 1. The van der Waals surface area contributed by atoms with E-state index in [0.29, 0.717) is 12.2 Å². The third kappa shape index (κ3) is 2.03. The first kappa shape index (κ1) is 10.6. The van der Waals surface area contributed by atoms with Crippen molar-refractivity contribution in [2.75, 3.05) is 0 Å². The van der Waals surface area contributed by atoms with Crippen molar-refractivity contribution in [2.24, 2.45) is 0 Å². The van der Waals surface area contributed by atoms with Crippen LogP contribution < -0.4 is 0 Å². The summed E-state index contributed by atoms with van der Waals surface area (Å²) in [5.41, 5.74) is 2.83. The first-order chi connectivity index (χ1) is 7.68. The van der Waals surface area contributed by atoms with E-state index < -0.39 is 0 Å². The molecule has 0 spiro atoms. The molecule has 0 bridgehead atoms. The van der Waals surface area contributed by atoms with Crippen LogP contribution in [0.5, 0.6) is 0 Å². The number of Topliss-reactive ketones (excluding diaryl/α,β-unsaturated/α-hetero) is 1. The van der Waals surface area contributed by atoms with E-state index in [1.165, 1.54) is 6.92 Å². The van der Waals surface area contributed by atoms with Gasteiger partial charge in [0.25, 0.3) is 0 Å². The largest absolute Gasteiger partial charge is 0.353 e. The topological polar surface area (TPSA) is 43.1 Å². The average molecular weight is 215 g/mol. The molecule has 0 aliphatic rings. The van der Waals surface area contributed by atoms with Crippen molar-refractivity contribution in [1.82, 2.24) is 5.16 Å². The van der Waals surface area contributed by atoms with E-state index in [0.717, 1.165) is 16.8 Å². The second kappa shape index (κ2) is 4.31. The number of hydrogen-bond donors (Lipinski definition) is 0. The normalized spacial score (nSPS) is 10.4. The third-order valence-corrected chi connectivity index (χ3v) is 2.55. The Labute approximate surface area is 94.1 Å². The summed E-state index contributed by atoms with van der Waals surface area (Å²) in [6.45, 7) is 3.35. The van der Waals surface area contributed by atoms with Crippen molar-refractivity contribution in [1.29, 1.82) is 0 Å². The molecule has 0 unspecified atom stereocenters. The van der Waals surface area contributed by atoms with Crippen LogP contribution in [0.4, 0.5) is 0 Å². The van der Waals surface area contributed by atoms with Crippen LogP contribution in [0, 0.1) is 6.92 Å². The van der Waals surface area contributed by atoms with Gasteiger partial charge in [-0.15, -0.1) is 0 Å². The zero-order valence-electron chi connectivity index (χ0n) is 9.36. The summed E-state index contributed by atoms with van der Waals surface area (Å²) in [7, 11) is 0. The van der Waals surface area contributed by atoms with Crippen LogP contribution >= 0.6 is 0 Å². The van der Waals surface area contributed by atoms with Gasteiger partial charge < -0.3 is 4.52 Å². The maximum absolute atomic E-state index is 11.2. The lowest BCUT2D eigenvalue weighted by molar-refractivity contribution is 0.0977. The molecule has 3 heteroatoms. The monoisotopic (exact) mass is 215 g/mol. The van der Waals surface area contributed by atoms with Crippen molar-refractivity contribution in [3.05, 3.63) is 52.9 Å². The van der Waals surface area contributed by atoms with E-state index in [9.17, 15) is 4.79 Å². The molecule has 0 aliphatic carbocycles. The molecule has 0 N–H and O–H groups in total. The van der Waals surface area contributed by atoms with Gasteiger partial charge in [0.05, 0.1) is 5.69 Å². The highest BCUT2D eigenvalue weighted by molar-refractivity contribution is 5.92. The predicted molar refractivity (Wildman–Crippen MR) is 60.5 cm³/mol. The summed E-state index contributed by atoms with van der Waals surface area (Å²) < 4.78 is 5.03. The van der Waals surface area contributed by atoms with Gasteiger partial charge in [-0.2, -0.15) is 0 Å². The fraction of sp³-hybridized carbons (Fsp3) is 0.231. The number of hydrogen-bond acceptors (Lipinski definition) is 3. The van der Waals surface area contributed by atoms with Gasteiger partial charge in [0, 0.05) is 18.9 Å². The highest BCUT2D eigenvalue weighted by Crippen LogP contribution is 2.16. The fourth-order valence-corrected chi connectivity index (χ4v) is 1.65. The van der Waals surface area contributed by atoms with E-state index in [2.05, 4.69) is 5.16 Å². The second-order valence-corrected chi connectivity index (χ2v) is 3.80. The highest BCUT2D eigenvalue weighted by Gasteiger charge is 2.15. The summed E-state index contributed by atoms with van der Waals surface area (Å²) in [5.74, 6) is 0.287. The Morgan fingerprint density at radius 2 is 2.00 bits per heavy atom. The molecule has 0 saturated heterocycles. The zero-order valence-corrected chi connectivity index (χ0v) is 9.36. The minimum Gasteiger partial charge on any atom is -0.353 e. The van der Waals surface area contributed by atoms with E-state index in [4.69, 9.17) is 4.52 Å². The van der Waals surface area contributed by atoms with Gasteiger partial charge in [-0.05, 0) is 12.5 Å². The summed E-state index contributed by atoms with van der Waals surface area (Å²) >= 11 is 0. The van der Waals surface area contributed by atoms with Crippen LogP contribution in [0.2, 0.25) is 0 Å². The van der Waals surface area contributed by atoms with Gasteiger partial charge >= 0.3 is 0 Å². The van der Waals surface area contributed by atoms with E-state index in [1.54, 1.807) is 0 Å². The minimum absolute atomic E-state index is 0.0793. The number of rotatable bonds is 3. The number of ketones is 1. The molecule has 1 aromatic carbocycles. The molecule has 0 radical (unpaired) electrons. The molecule has 0 atom stereocenters. The van der Waals surface area contributed by atoms with E-state index >= 15 is 0 Å². The van der Waals surface area contributed by atoms with Gasteiger partial charge in [0.1, 0.15) is 0 Å². The van der Waals surface area contributed by atoms with Crippen LogP contribution in [-0.4, -0.2) is 10.9 Å². The van der Waals surface area contributed by atoms with Gasteiger partial charge in [0.15, 0.2) is 5.78 Å². The Bertz CT molecular complexity index is 500. The van der Waals surface area contributed by atoms with Crippen LogP contribution in [-0.2, 0) is 6.42 Å². The summed E-state index contributed by atoms with van der Waals surface area (Å²) in [6, 6.07) is 10.00. The molecular formula is C13H13NO2. The molecule has 0 fully saturated rings. The van der Waals surface area contributed by atoms with Gasteiger partial charge in [-0.3, -0.25) is 4.79 Å². The first-order valence-electron chi connectivity index (χ1n) is 5.18. The molecular weight excluding hydrogens is 202 g/mol. The Balaban J connectivity index is 2.26. The lowest BCUT2D eigenvalue weighted by Gasteiger charge is -1.97. The number of carbonyl (C=O) groups is 1. The summed E-state index contributed by atoms with van der Waals surface area (Å²) in [4.78, 5) is 11.2. The van der Waals surface area contributed by atoms with Crippen LogP contribution in [0.1, 0.15) is 34.3 Å². The molecule has 1 aromatic heterocycles. The molecule has 2 rings (SSSR count). The highest BCUT2D eigenvalue weighted by atomic mass is 16.5. The van der Waals surface area contributed by atoms with Crippen molar-refractivity contribution in [3.8, 4) is 0 Å². The smallest absolute Gasteiger partial charge is 0.205 e. The minimum atomic E-state index is -0.0793. The maximum atomic E-state index is 11.2. The van der Waals surface area contributed by atoms with Gasteiger partial charge in [-0.1, -0.05) is 35.5 Å². The molecule has 16 heavy (non-hydrogen) atoms. The quantitative estimate of drug-likeness (QED) is 0.739. The average Bonchev–Trinajstić information content (AvgIpc) is 2.62. The molecule has 82 valence electrons. The Morgan fingerprint density at radius 1 is 1.31 bits per heavy atom. The van der Waals surface area contributed by atoms with Crippen molar-refractivity contribution >= 4 is 5.78 Å². The van der Waals surface area contributed by atoms with Crippen molar-refractivity contribution in [2.45, 2.75) is 20.3 Å².